The number of unbranched alkanes of at least 4 members (excludes halogenated alkanes) is 1. The Morgan fingerprint density at radius 3 is 1.71 bits per heavy atom. The smallest absolute Gasteiger partial charge is 0.0105 e. The maximum Gasteiger partial charge on any atom is 0.0105 e. The minimum absolute atomic E-state index is 0. The van der Waals surface area contributed by atoms with Crippen molar-refractivity contribution in [1.82, 2.24) is 5.32 Å². The lowest BCUT2D eigenvalue weighted by atomic mass is 9.46. The Bertz CT molecular complexity index is 1210. The lowest BCUT2D eigenvalue weighted by Crippen LogP contribution is -2.52. The van der Waals surface area contributed by atoms with Crippen molar-refractivity contribution in [3.05, 3.63) is 23.3 Å². The van der Waals surface area contributed by atoms with Crippen molar-refractivity contribution in [3.8, 4) is 0 Å². The second kappa shape index (κ2) is 15.1. The molecule has 0 heterocycles. The summed E-state index contributed by atoms with van der Waals surface area (Å²) in [6, 6.07) is 0.733. The summed E-state index contributed by atoms with van der Waals surface area (Å²) in [5, 5.41) is 3.89. The van der Waals surface area contributed by atoms with Gasteiger partial charge in [0.05, 0.1) is 0 Å². The molecule has 0 aromatic rings. The molecule has 16 atom stereocenters. The van der Waals surface area contributed by atoms with E-state index >= 15 is 0 Å². The van der Waals surface area contributed by atoms with E-state index in [2.05, 4.69) is 72.9 Å². The maximum atomic E-state index is 3.89. The molecule has 1 heteroatoms. The van der Waals surface area contributed by atoms with Gasteiger partial charge in [-0.1, -0.05) is 105 Å². The van der Waals surface area contributed by atoms with Crippen LogP contribution in [0.1, 0.15) is 198 Å². The fraction of sp³-hybridized carbons (Fsp3) is 0.922. The third-order valence-corrected chi connectivity index (χ3v) is 20.2. The third kappa shape index (κ3) is 6.32. The summed E-state index contributed by atoms with van der Waals surface area (Å²) in [6.07, 6.45) is 36.3. The first-order valence-corrected chi connectivity index (χ1v) is 23.6. The Hall–Kier alpha value is -0.560. The highest BCUT2D eigenvalue weighted by Gasteiger charge is 2.61. The summed E-state index contributed by atoms with van der Waals surface area (Å²) in [7, 11) is 0. The quantitative estimate of drug-likeness (QED) is 0.222. The van der Waals surface area contributed by atoms with E-state index in [9.17, 15) is 0 Å². The fourth-order valence-electron chi connectivity index (χ4n) is 17.5. The lowest BCUT2D eigenvalue weighted by molar-refractivity contribution is -0.0615. The average molecular weight is 714 g/mol. The van der Waals surface area contributed by atoms with Crippen LogP contribution in [-0.4, -0.2) is 12.6 Å². The molecule has 0 spiro atoms. The fourth-order valence-corrected chi connectivity index (χ4v) is 17.5. The van der Waals surface area contributed by atoms with E-state index in [0.29, 0.717) is 21.7 Å². The number of fused-ring (bicyclic) bond motifs is 10. The summed E-state index contributed by atoms with van der Waals surface area (Å²) in [5.74, 6) is 10.5. The Labute approximate surface area is 324 Å². The second-order valence-electron chi connectivity index (χ2n) is 22.3. The van der Waals surface area contributed by atoms with Crippen LogP contribution in [0.2, 0.25) is 0 Å². The van der Waals surface area contributed by atoms with Crippen molar-refractivity contribution in [2.45, 2.75) is 204 Å². The van der Waals surface area contributed by atoms with Gasteiger partial charge in [0, 0.05) is 6.04 Å². The Morgan fingerprint density at radius 2 is 1.17 bits per heavy atom. The molecule has 296 valence electrons. The number of nitrogens with one attached hydrogen (secondary N) is 1. The molecular formula is C51H87N. The Balaban J connectivity index is 0.00000420. The van der Waals surface area contributed by atoms with Gasteiger partial charge in [-0.25, -0.2) is 0 Å². The zero-order valence-electron chi connectivity index (χ0n) is 35.1. The lowest BCUT2D eigenvalue weighted by Gasteiger charge is -2.59. The van der Waals surface area contributed by atoms with Crippen molar-refractivity contribution in [2.24, 2.45) is 86.8 Å². The molecule has 52 heavy (non-hydrogen) atoms. The molecule has 0 aliphatic heterocycles. The van der Waals surface area contributed by atoms with E-state index < -0.39 is 0 Å². The van der Waals surface area contributed by atoms with Crippen LogP contribution in [0, 0.1) is 86.8 Å². The van der Waals surface area contributed by atoms with Crippen LogP contribution < -0.4 is 5.32 Å². The van der Waals surface area contributed by atoms with E-state index in [0.717, 1.165) is 71.1 Å². The normalized spacial score (nSPS) is 49.1. The SMILES string of the molecule is C.CCCC[C@H]1CCC2(C)C(=CC[C@H]3C2CCC2(C)C([C@H](C)C[C@@H](C)C4CC[C@H]5[C@H]6CC=C7C[C@@H](NCCC)CCC7(C)C6CCC45C)CC[C@@H]32)C1. The first-order chi connectivity index (χ1) is 24.5. The molecule has 0 bridgehead atoms. The summed E-state index contributed by atoms with van der Waals surface area (Å²) in [4.78, 5) is 0. The van der Waals surface area contributed by atoms with Gasteiger partial charge in [-0.2, -0.15) is 0 Å². The zero-order valence-corrected chi connectivity index (χ0v) is 35.1. The summed E-state index contributed by atoms with van der Waals surface area (Å²) < 4.78 is 0. The topological polar surface area (TPSA) is 12.0 Å². The molecule has 0 amide bonds. The van der Waals surface area contributed by atoms with Crippen molar-refractivity contribution in [1.29, 1.82) is 0 Å². The van der Waals surface area contributed by atoms with Crippen LogP contribution in [0.15, 0.2) is 23.3 Å². The molecule has 6 fully saturated rings. The molecule has 0 radical (unpaired) electrons. The van der Waals surface area contributed by atoms with Crippen molar-refractivity contribution in [3.63, 3.8) is 0 Å². The molecule has 8 unspecified atom stereocenters. The molecule has 0 aromatic heterocycles. The van der Waals surface area contributed by atoms with Crippen molar-refractivity contribution in [2.75, 3.05) is 6.54 Å². The van der Waals surface area contributed by atoms with Gasteiger partial charge >= 0.3 is 0 Å². The zero-order chi connectivity index (χ0) is 35.8. The predicted octanol–water partition coefficient (Wildman–Crippen LogP) is 14.6. The number of allylic oxidation sites excluding steroid dienone is 3. The van der Waals surface area contributed by atoms with Gasteiger partial charge in [0.15, 0.2) is 0 Å². The molecular weight excluding hydrogens is 627 g/mol. The van der Waals surface area contributed by atoms with Gasteiger partial charge in [-0.05, 0) is 209 Å². The van der Waals surface area contributed by atoms with Gasteiger partial charge in [0.2, 0.25) is 0 Å². The van der Waals surface area contributed by atoms with Gasteiger partial charge in [0.1, 0.15) is 0 Å². The average Bonchev–Trinajstić information content (AvgIpc) is 3.66. The van der Waals surface area contributed by atoms with Gasteiger partial charge in [-0.15, -0.1) is 0 Å². The number of rotatable bonds is 10. The summed E-state index contributed by atoms with van der Waals surface area (Å²) in [5.41, 5.74) is 5.96. The predicted molar refractivity (Wildman–Crippen MR) is 225 cm³/mol. The third-order valence-electron chi connectivity index (χ3n) is 20.2. The van der Waals surface area contributed by atoms with E-state index in [4.69, 9.17) is 0 Å². The van der Waals surface area contributed by atoms with Crippen LogP contribution in [0.25, 0.3) is 0 Å². The van der Waals surface area contributed by atoms with Gasteiger partial charge in [-0.3, -0.25) is 0 Å². The minimum atomic E-state index is 0. The summed E-state index contributed by atoms with van der Waals surface area (Å²) in [6.45, 7) is 22.5. The molecule has 0 saturated heterocycles. The molecule has 1 nitrogen and oxygen atoms in total. The Kier molecular flexibility index (Phi) is 11.5. The highest BCUT2D eigenvalue weighted by Crippen LogP contribution is 2.70. The monoisotopic (exact) mass is 714 g/mol. The van der Waals surface area contributed by atoms with Crippen LogP contribution in [0.5, 0.6) is 0 Å². The molecule has 1 N–H and O–H groups in total. The van der Waals surface area contributed by atoms with E-state index in [-0.39, 0.29) is 7.43 Å². The van der Waals surface area contributed by atoms with Gasteiger partial charge in [0.25, 0.3) is 0 Å². The largest absolute Gasteiger partial charge is 0.314 e. The minimum Gasteiger partial charge on any atom is -0.314 e. The van der Waals surface area contributed by atoms with E-state index in [1.165, 1.54) is 141 Å². The van der Waals surface area contributed by atoms with Crippen LogP contribution in [0.4, 0.5) is 0 Å². The van der Waals surface area contributed by atoms with Gasteiger partial charge < -0.3 is 5.32 Å². The maximum absolute atomic E-state index is 3.89. The number of hydrogen-bond donors (Lipinski definition) is 1. The highest BCUT2D eigenvalue weighted by molar-refractivity contribution is 5.27. The van der Waals surface area contributed by atoms with E-state index in [1.54, 1.807) is 0 Å². The Morgan fingerprint density at radius 1 is 0.635 bits per heavy atom. The molecule has 6 saturated carbocycles. The molecule has 8 aliphatic rings. The van der Waals surface area contributed by atoms with Crippen LogP contribution >= 0.6 is 0 Å². The highest BCUT2D eigenvalue weighted by atomic mass is 14.9. The van der Waals surface area contributed by atoms with Crippen molar-refractivity contribution >= 4 is 0 Å². The standard InChI is InChI=1S/C50H83N.CH4/c1-9-11-12-35-21-25-47(5)36(31-35)13-15-39-43-19-17-41(49(43,7)27-23-45(39)47)33(3)30-34(4)42-18-20-44-40-16-14-37-32-38(51-29-10-2)22-26-48(37,6)46(40)24-28-50(42,44)8;/h13-14,33-35,38-46,51H,9-12,15-32H2,1-8H3;1H4/t33-,34-,35+,38+,39-,40-,41?,42?,43+,44+,45?,46?,47?,48?,49?,50?;/m1./s1. The molecule has 0 aromatic carbocycles. The first-order valence-electron chi connectivity index (χ1n) is 23.6. The van der Waals surface area contributed by atoms with Crippen LogP contribution in [0.3, 0.4) is 0 Å². The van der Waals surface area contributed by atoms with E-state index in [1.807, 2.05) is 11.1 Å². The molecule has 8 aliphatic carbocycles. The second-order valence-corrected chi connectivity index (χ2v) is 22.3. The van der Waals surface area contributed by atoms with Crippen molar-refractivity contribution < 1.29 is 0 Å². The molecule has 8 rings (SSSR count). The van der Waals surface area contributed by atoms with Crippen LogP contribution in [-0.2, 0) is 0 Å². The first kappa shape index (κ1) is 39.7. The number of hydrogen-bond acceptors (Lipinski definition) is 1. The summed E-state index contributed by atoms with van der Waals surface area (Å²) >= 11 is 0.